The van der Waals surface area contributed by atoms with Crippen LogP contribution in [0.2, 0.25) is 0 Å². The molecule has 0 aliphatic rings. The molecule has 15 heavy (non-hydrogen) atoms. The average Bonchev–Trinajstić information content (AvgIpc) is 2.17. The number of benzene rings is 1. The summed E-state index contributed by atoms with van der Waals surface area (Å²) in [4.78, 5) is 0. The highest BCUT2D eigenvalue weighted by Crippen LogP contribution is 2.26. The Bertz CT molecular complexity index is 315. The average molecular weight is 219 g/mol. The summed E-state index contributed by atoms with van der Waals surface area (Å²) in [7, 11) is 3.09. The summed E-state index contributed by atoms with van der Waals surface area (Å²) in [5.74, 6) is 0. The number of hydrogen-bond acceptors (Lipinski definition) is 1. The van der Waals surface area contributed by atoms with Crippen molar-refractivity contribution in [1.82, 2.24) is 0 Å². The molecular formula is C13H19OSi. The Labute approximate surface area is 96.4 Å². The van der Waals surface area contributed by atoms with Crippen molar-refractivity contribution in [2.45, 2.75) is 45.6 Å². The van der Waals surface area contributed by atoms with Gasteiger partial charge in [0.25, 0.3) is 0 Å². The van der Waals surface area contributed by atoms with Crippen molar-refractivity contribution in [3.8, 4) is 0 Å². The molecule has 0 aliphatic heterocycles. The van der Waals surface area contributed by atoms with E-state index >= 15 is 0 Å². The first-order valence-corrected chi connectivity index (χ1v) is 5.76. The third-order valence-corrected chi connectivity index (χ3v) is 2.94. The summed E-state index contributed by atoms with van der Waals surface area (Å²) in [6, 6.07) is 8.58. The molecule has 1 aromatic carbocycles. The Hall–Kier alpha value is -0.603. The van der Waals surface area contributed by atoms with Crippen LogP contribution in [0, 0.1) is 0 Å². The normalized spacial score (nSPS) is 13.9. The lowest BCUT2D eigenvalue weighted by atomic mass is 9.82. The van der Waals surface area contributed by atoms with Crippen molar-refractivity contribution in [1.29, 1.82) is 0 Å². The highest BCUT2D eigenvalue weighted by Gasteiger charge is 2.17. The molecule has 0 saturated carbocycles. The maximum absolute atomic E-state index is 5.13. The van der Waals surface area contributed by atoms with Crippen LogP contribution < -0.4 is 0 Å². The van der Waals surface area contributed by atoms with Crippen molar-refractivity contribution >= 4 is 10.5 Å². The summed E-state index contributed by atoms with van der Waals surface area (Å²) in [5.41, 5.74) is 2.97. The van der Waals surface area contributed by atoms with E-state index in [1.807, 2.05) is 0 Å². The lowest BCUT2D eigenvalue weighted by Crippen LogP contribution is -2.17. The fraction of sp³-hybridized carbons (Fsp3) is 0.538. The molecule has 1 atom stereocenters. The van der Waals surface area contributed by atoms with Gasteiger partial charge in [-0.1, -0.05) is 45.0 Å². The van der Waals surface area contributed by atoms with E-state index in [0.29, 0.717) is 0 Å². The Morgan fingerprint density at radius 3 is 2.40 bits per heavy atom. The highest BCUT2D eigenvalue weighted by atomic mass is 28.2. The SMILES string of the molecule is CC(Cc1ccccc1C(C)(C)C)O[Si]. The van der Waals surface area contributed by atoms with E-state index in [4.69, 9.17) is 4.43 Å². The third-order valence-electron chi connectivity index (χ3n) is 2.53. The van der Waals surface area contributed by atoms with Gasteiger partial charge in [-0.15, -0.1) is 0 Å². The monoisotopic (exact) mass is 219 g/mol. The van der Waals surface area contributed by atoms with Gasteiger partial charge in [-0.3, -0.25) is 0 Å². The first-order valence-electron chi connectivity index (χ1n) is 5.36. The molecule has 1 unspecified atom stereocenters. The van der Waals surface area contributed by atoms with Gasteiger partial charge in [-0.25, -0.2) is 0 Å². The predicted octanol–water partition coefficient (Wildman–Crippen LogP) is 3.02. The molecule has 0 amide bonds. The number of rotatable bonds is 3. The van der Waals surface area contributed by atoms with Crippen LogP contribution in [0.5, 0.6) is 0 Å². The van der Waals surface area contributed by atoms with Crippen LogP contribution in [0.15, 0.2) is 24.3 Å². The Kier molecular flexibility index (Phi) is 4.11. The quantitative estimate of drug-likeness (QED) is 0.710. The van der Waals surface area contributed by atoms with Crippen LogP contribution >= 0.6 is 0 Å². The standard InChI is InChI=1S/C13H19OSi/c1-10(14-15)9-11-7-5-6-8-12(11)13(2,3)4/h5-8,10H,9H2,1-4H3. The maximum atomic E-state index is 5.13. The smallest absolute Gasteiger partial charge is 0.246 e. The fourth-order valence-electron chi connectivity index (χ4n) is 1.78. The Morgan fingerprint density at radius 1 is 1.27 bits per heavy atom. The molecule has 1 rings (SSSR count). The molecule has 0 heterocycles. The third kappa shape index (κ3) is 3.47. The van der Waals surface area contributed by atoms with E-state index in [2.05, 4.69) is 62.4 Å². The molecule has 0 N–H and O–H groups in total. The molecule has 0 aromatic heterocycles. The van der Waals surface area contributed by atoms with E-state index < -0.39 is 0 Å². The fourth-order valence-corrected chi connectivity index (χ4v) is 1.86. The lowest BCUT2D eigenvalue weighted by Gasteiger charge is -2.24. The van der Waals surface area contributed by atoms with Gasteiger partial charge in [-0.2, -0.15) is 0 Å². The minimum absolute atomic E-state index is 0.196. The largest absolute Gasteiger partial charge is 0.416 e. The van der Waals surface area contributed by atoms with Crippen LogP contribution in [0.4, 0.5) is 0 Å². The first-order chi connectivity index (χ1) is 6.95. The summed E-state index contributed by atoms with van der Waals surface area (Å²) in [6.45, 7) is 8.79. The molecule has 0 fully saturated rings. The molecule has 0 bridgehead atoms. The second kappa shape index (κ2) is 4.95. The van der Waals surface area contributed by atoms with Gasteiger partial charge in [0.15, 0.2) is 0 Å². The molecule has 1 nitrogen and oxygen atoms in total. The lowest BCUT2D eigenvalue weighted by molar-refractivity contribution is 0.243. The van der Waals surface area contributed by atoms with E-state index in [0.717, 1.165) is 6.42 Å². The van der Waals surface area contributed by atoms with Crippen LogP contribution in [-0.4, -0.2) is 16.6 Å². The first kappa shape index (κ1) is 12.5. The maximum Gasteiger partial charge on any atom is 0.246 e. The van der Waals surface area contributed by atoms with Crippen molar-refractivity contribution in [3.63, 3.8) is 0 Å². The van der Waals surface area contributed by atoms with Gasteiger partial charge in [0.1, 0.15) is 0 Å². The number of hydrogen-bond donors (Lipinski definition) is 0. The van der Waals surface area contributed by atoms with Crippen LogP contribution in [-0.2, 0) is 16.3 Å². The molecule has 0 spiro atoms. The summed E-state index contributed by atoms with van der Waals surface area (Å²) < 4.78 is 5.13. The van der Waals surface area contributed by atoms with Gasteiger partial charge < -0.3 is 4.43 Å². The second-order valence-corrected chi connectivity index (χ2v) is 5.28. The van der Waals surface area contributed by atoms with E-state index in [-0.39, 0.29) is 11.5 Å². The summed E-state index contributed by atoms with van der Waals surface area (Å²) in [5, 5.41) is 0. The predicted molar refractivity (Wildman–Crippen MR) is 65.1 cm³/mol. The van der Waals surface area contributed by atoms with Crippen molar-refractivity contribution in [2.75, 3.05) is 0 Å². The molecule has 2 heteroatoms. The van der Waals surface area contributed by atoms with Gasteiger partial charge in [0, 0.05) is 6.10 Å². The van der Waals surface area contributed by atoms with Crippen molar-refractivity contribution < 1.29 is 4.43 Å². The molecule has 3 radical (unpaired) electrons. The zero-order chi connectivity index (χ0) is 11.5. The molecular weight excluding hydrogens is 200 g/mol. The van der Waals surface area contributed by atoms with Crippen LogP contribution in [0.1, 0.15) is 38.8 Å². The van der Waals surface area contributed by atoms with E-state index in [1.165, 1.54) is 11.1 Å². The molecule has 81 valence electrons. The van der Waals surface area contributed by atoms with E-state index in [9.17, 15) is 0 Å². The van der Waals surface area contributed by atoms with Gasteiger partial charge in [-0.05, 0) is 29.9 Å². The zero-order valence-electron chi connectivity index (χ0n) is 10.0. The summed E-state index contributed by atoms with van der Waals surface area (Å²) in [6.07, 6.45) is 1.14. The van der Waals surface area contributed by atoms with Gasteiger partial charge in [0.05, 0.1) is 0 Å². The topological polar surface area (TPSA) is 9.23 Å². The van der Waals surface area contributed by atoms with Crippen LogP contribution in [0.3, 0.4) is 0 Å². The zero-order valence-corrected chi connectivity index (χ0v) is 11.0. The second-order valence-electron chi connectivity index (χ2n) is 5.04. The van der Waals surface area contributed by atoms with Gasteiger partial charge >= 0.3 is 0 Å². The highest BCUT2D eigenvalue weighted by molar-refractivity contribution is 5.98. The van der Waals surface area contributed by atoms with Crippen molar-refractivity contribution in [2.24, 2.45) is 0 Å². The minimum atomic E-state index is 0.196. The van der Waals surface area contributed by atoms with Crippen molar-refractivity contribution in [3.05, 3.63) is 35.4 Å². The van der Waals surface area contributed by atoms with Gasteiger partial charge in [0.2, 0.25) is 10.5 Å². The molecule has 0 aliphatic carbocycles. The van der Waals surface area contributed by atoms with E-state index in [1.54, 1.807) is 0 Å². The molecule has 0 saturated heterocycles. The molecule has 1 aromatic rings. The Morgan fingerprint density at radius 2 is 1.87 bits per heavy atom. The van der Waals surface area contributed by atoms with Crippen LogP contribution in [0.25, 0.3) is 0 Å². The summed E-state index contributed by atoms with van der Waals surface area (Å²) >= 11 is 0. The minimum Gasteiger partial charge on any atom is -0.416 e. The Balaban J connectivity index is 2.97.